The fourth-order valence-electron chi connectivity index (χ4n) is 0.947. The number of likely N-dealkylation sites (tertiary alicyclic amines) is 1. The Balaban J connectivity index is 2.46. The van der Waals surface area contributed by atoms with E-state index in [4.69, 9.17) is 0 Å². The molecule has 0 bridgehead atoms. The molecule has 1 heterocycles. The summed E-state index contributed by atoms with van der Waals surface area (Å²) < 4.78 is 34.7. The quantitative estimate of drug-likeness (QED) is 0.565. The van der Waals surface area contributed by atoms with Crippen LogP contribution in [0, 0.1) is 0 Å². The third kappa shape index (κ3) is 1.88. The van der Waals surface area contributed by atoms with Gasteiger partial charge in [-0.1, -0.05) is 0 Å². The molecule has 0 atom stereocenters. The van der Waals surface area contributed by atoms with Gasteiger partial charge in [-0.2, -0.15) is 13.2 Å². The second kappa shape index (κ2) is 2.62. The maximum absolute atomic E-state index is 11.7. The highest BCUT2D eigenvalue weighted by Crippen LogP contribution is 2.23. The Kier molecular flexibility index (Phi) is 2.03. The van der Waals surface area contributed by atoms with E-state index < -0.39 is 12.1 Å². The van der Waals surface area contributed by atoms with Gasteiger partial charge in [0, 0.05) is 0 Å². The summed E-state index contributed by atoms with van der Waals surface area (Å²) in [6.45, 7) is 0.920. The topological polar surface area (TPSA) is 26.3 Å². The van der Waals surface area contributed by atoms with Crippen LogP contribution in [0.15, 0.2) is 0 Å². The van der Waals surface area contributed by atoms with Crippen molar-refractivity contribution in [1.82, 2.24) is 0 Å². The lowest BCUT2D eigenvalue weighted by molar-refractivity contribution is -1.10. The first kappa shape index (κ1) is 9.31. The molecule has 0 aromatic heterocycles. The van der Waals surface area contributed by atoms with Gasteiger partial charge in [0.25, 0.3) is 0 Å². The van der Waals surface area contributed by atoms with Crippen molar-refractivity contribution in [2.45, 2.75) is 12.6 Å². The molecule has 0 amide bonds. The van der Waals surface area contributed by atoms with E-state index in [1.54, 1.807) is 0 Å². The molecule has 0 aliphatic carbocycles. The van der Waals surface area contributed by atoms with Crippen LogP contribution in [0.1, 0.15) is 6.42 Å². The zero-order chi connectivity index (χ0) is 9.41. The summed E-state index contributed by atoms with van der Waals surface area (Å²) in [6.07, 6.45) is -4.08. The molecule has 0 spiro atoms. The standard InChI is InChI=1S/C6H9F3NO2/c1-10(3-2-4-10)12-5(11)6(7,8)9/h2-4H2,1H3/q+1. The molecule has 0 aromatic carbocycles. The molecular formula is C6H9F3NO2+. The second-order valence-corrected chi connectivity index (χ2v) is 2.97. The second-order valence-electron chi connectivity index (χ2n) is 2.97. The largest absolute Gasteiger partial charge is 0.497 e. The number of carbonyl (C=O) groups is 1. The third-order valence-electron chi connectivity index (χ3n) is 1.80. The third-order valence-corrected chi connectivity index (χ3v) is 1.80. The number of hydrogen-bond acceptors (Lipinski definition) is 2. The fourth-order valence-corrected chi connectivity index (χ4v) is 0.947. The Morgan fingerprint density at radius 2 is 1.92 bits per heavy atom. The van der Waals surface area contributed by atoms with Gasteiger partial charge in [0.15, 0.2) is 0 Å². The molecule has 1 aliphatic rings. The Hall–Kier alpha value is -0.780. The predicted octanol–water partition coefficient (Wildman–Crippen LogP) is 0.857. The van der Waals surface area contributed by atoms with Gasteiger partial charge >= 0.3 is 12.1 Å². The number of rotatable bonds is 1. The first-order valence-electron chi connectivity index (χ1n) is 3.49. The summed E-state index contributed by atoms with van der Waals surface area (Å²) in [6, 6.07) is 0. The molecule has 1 fully saturated rings. The Labute approximate surface area is 67.3 Å². The summed E-state index contributed by atoms with van der Waals surface area (Å²) in [4.78, 5) is 14.5. The Morgan fingerprint density at radius 3 is 2.17 bits per heavy atom. The van der Waals surface area contributed by atoms with Crippen LogP contribution in [-0.2, 0) is 9.63 Å². The van der Waals surface area contributed by atoms with Crippen LogP contribution in [0.25, 0.3) is 0 Å². The smallest absolute Gasteiger partial charge is 0.266 e. The Bertz CT molecular complexity index is 197. The van der Waals surface area contributed by atoms with Gasteiger partial charge in [0.05, 0.1) is 6.42 Å². The number of quaternary nitrogens is 1. The van der Waals surface area contributed by atoms with Crippen LogP contribution in [0.5, 0.6) is 0 Å². The van der Waals surface area contributed by atoms with E-state index in [9.17, 15) is 18.0 Å². The van der Waals surface area contributed by atoms with E-state index in [1.165, 1.54) is 7.05 Å². The van der Waals surface area contributed by atoms with Crippen molar-refractivity contribution in [3.05, 3.63) is 0 Å². The van der Waals surface area contributed by atoms with Crippen molar-refractivity contribution < 1.29 is 27.4 Å². The summed E-state index contributed by atoms with van der Waals surface area (Å²) in [5.41, 5.74) is 0. The molecular weight excluding hydrogens is 175 g/mol. The molecule has 3 nitrogen and oxygen atoms in total. The van der Waals surface area contributed by atoms with Gasteiger partial charge < -0.3 is 0 Å². The lowest BCUT2D eigenvalue weighted by Gasteiger charge is -2.37. The lowest BCUT2D eigenvalue weighted by atomic mass is 10.2. The number of nitrogens with zero attached hydrogens (tertiary/aromatic N) is 1. The van der Waals surface area contributed by atoms with E-state index >= 15 is 0 Å². The first-order valence-corrected chi connectivity index (χ1v) is 3.49. The van der Waals surface area contributed by atoms with Crippen molar-refractivity contribution in [2.24, 2.45) is 0 Å². The van der Waals surface area contributed by atoms with Crippen LogP contribution >= 0.6 is 0 Å². The number of hydrogen-bond donors (Lipinski definition) is 0. The molecule has 1 saturated heterocycles. The molecule has 0 N–H and O–H groups in total. The fraction of sp³-hybridized carbons (Fsp3) is 0.833. The van der Waals surface area contributed by atoms with Gasteiger partial charge in [-0.25, -0.2) is 4.79 Å². The van der Waals surface area contributed by atoms with Crippen LogP contribution in [-0.4, -0.2) is 36.9 Å². The number of halogens is 3. The average Bonchev–Trinajstić information content (AvgIpc) is 1.82. The molecule has 0 aromatic rings. The highest BCUT2D eigenvalue weighted by atomic mass is 19.4. The molecule has 70 valence electrons. The summed E-state index contributed by atoms with van der Waals surface area (Å²) in [7, 11) is 1.45. The zero-order valence-corrected chi connectivity index (χ0v) is 6.52. The van der Waals surface area contributed by atoms with E-state index in [0.717, 1.165) is 6.42 Å². The lowest BCUT2D eigenvalue weighted by Crippen LogP contribution is -2.56. The van der Waals surface area contributed by atoms with Gasteiger partial charge in [0.2, 0.25) is 0 Å². The van der Waals surface area contributed by atoms with Crippen molar-refractivity contribution in [3.8, 4) is 0 Å². The molecule has 0 unspecified atom stereocenters. The van der Waals surface area contributed by atoms with Crippen LogP contribution in [0.3, 0.4) is 0 Å². The first-order chi connectivity index (χ1) is 5.33. The van der Waals surface area contributed by atoms with E-state index in [0.29, 0.717) is 13.1 Å². The minimum Gasteiger partial charge on any atom is -0.266 e. The molecule has 6 heteroatoms. The maximum Gasteiger partial charge on any atom is 0.497 e. The maximum atomic E-state index is 11.7. The SMILES string of the molecule is C[N+]1(OC(=O)C(F)(F)F)CCC1. The summed E-state index contributed by atoms with van der Waals surface area (Å²) in [5, 5.41) is 0. The zero-order valence-electron chi connectivity index (χ0n) is 6.52. The van der Waals surface area contributed by atoms with Gasteiger partial charge in [0.1, 0.15) is 20.1 Å². The molecule has 0 radical (unpaired) electrons. The van der Waals surface area contributed by atoms with Crippen LogP contribution < -0.4 is 0 Å². The van der Waals surface area contributed by atoms with Gasteiger partial charge in [-0.3, -0.25) is 4.84 Å². The molecule has 1 rings (SSSR count). The monoisotopic (exact) mass is 184 g/mol. The van der Waals surface area contributed by atoms with Gasteiger partial charge in [-0.05, 0) is 0 Å². The minimum absolute atomic E-state index is 0.252. The summed E-state index contributed by atoms with van der Waals surface area (Å²) >= 11 is 0. The predicted molar refractivity (Wildman–Crippen MR) is 32.7 cm³/mol. The van der Waals surface area contributed by atoms with Crippen LogP contribution in [0.4, 0.5) is 13.2 Å². The van der Waals surface area contributed by atoms with E-state index in [1.807, 2.05) is 0 Å². The van der Waals surface area contributed by atoms with E-state index in [-0.39, 0.29) is 4.65 Å². The number of alkyl halides is 3. The van der Waals surface area contributed by atoms with Crippen LogP contribution in [0.2, 0.25) is 0 Å². The Morgan fingerprint density at radius 1 is 1.42 bits per heavy atom. The minimum atomic E-state index is -4.88. The van der Waals surface area contributed by atoms with Crippen molar-refractivity contribution in [3.63, 3.8) is 0 Å². The highest BCUT2D eigenvalue weighted by Gasteiger charge is 2.48. The normalized spacial score (nSPS) is 21.3. The van der Waals surface area contributed by atoms with E-state index in [2.05, 4.69) is 4.84 Å². The summed E-state index contributed by atoms with van der Waals surface area (Å²) in [5.74, 6) is -2.11. The number of hydroxylamine groups is 3. The molecule has 0 saturated carbocycles. The molecule has 12 heavy (non-hydrogen) atoms. The highest BCUT2D eigenvalue weighted by molar-refractivity contribution is 5.74. The van der Waals surface area contributed by atoms with Gasteiger partial charge in [-0.15, -0.1) is 4.65 Å². The van der Waals surface area contributed by atoms with Crippen molar-refractivity contribution >= 4 is 5.97 Å². The number of carbonyl (C=O) groups excluding carboxylic acids is 1. The average molecular weight is 184 g/mol. The van der Waals surface area contributed by atoms with Crippen molar-refractivity contribution in [1.29, 1.82) is 0 Å². The van der Waals surface area contributed by atoms with Crippen molar-refractivity contribution in [2.75, 3.05) is 20.1 Å². The molecule has 1 aliphatic heterocycles.